The standard InChI is InChI=1S/C15H20N4O2/c1-9-6-12(13-10(2)19-21-15(13)18-9)14(20)17-8-11-4-3-5-16-7-11/h6,11,16H,3-5,7-8H2,1-2H3,(H,17,20). The van der Waals surface area contributed by atoms with Gasteiger partial charge in [-0.15, -0.1) is 0 Å². The Labute approximate surface area is 123 Å². The summed E-state index contributed by atoms with van der Waals surface area (Å²) in [6.07, 6.45) is 2.33. The van der Waals surface area contributed by atoms with Crippen LogP contribution in [0.15, 0.2) is 10.6 Å². The van der Waals surface area contributed by atoms with E-state index in [-0.39, 0.29) is 5.91 Å². The van der Waals surface area contributed by atoms with Gasteiger partial charge in [0.05, 0.1) is 16.6 Å². The third-order valence-electron chi connectivity index (χ3n) is 3.94. The highest BCUT2D eigenvalue weighted by molar-refractivity contribution is 6.06. The number of carbonyl (C=O) groups is 1. The molecule has 1 unspecified atom stereocenters. The minimum absolute atomic E-state index is 0.0811. The van der Waals surface area contributed by atoms with Crippen LogP contribution in [-0.2, 0) is 0 Å². The number of aryl methyl sites for hydroxylation is 2. The highest BCUT2D eigenvalue weighted by atomic mass is 16.5. The van der Waals surface area contributed by atoms with Crippen LogP contribution in [-0.4, -0.2) is 35.7 Å². The zero-order valence-corrected chi connectivity index (χ0v) is 12.4. The van der Waals surface area contributed by atoms with Crippen LogP contribution in [0.4, 0.5) is 0 Å². The van der Waals surface area contributed by atoms with Crippen LogP contribution in [0, 0.1) is 19.8 Å². The van der Waals surface area contributed by atoms with Gasteiger partial charge in [-0.05, 0) is 51.8 Å². The summed E-state index contributed by atoms with van der Waals surface area (Å²) in [7, 11) is 0. The van der Waals surface area contributed by atoms with Crippen molar-refractivity contribution in [2.24, 2.45) is 5.92 Å². The molecule has 0 spiro atoms. The summed E-state index contributed by atoms with van der Waals surface area (Å²) in [5, 5.41) is 11.0. The maximum Gasteiger partial charge on any atom is 0.258 e. The van der Waals surface area contributed by atoms with E-state index < -0.39 is 0 Å². The molecule has 0 aliphatic carbocycles. The fraction of sp³-hybridized carbons (Fsp3) is 0.533. The molecule has 1 amide bonds. The summed E-state index contributed by atoms with van der Waals surface area (Å²) in [6.45, 7) is 6.41. The van der Waals surface area contributed by atoms with Crippen LogP contribution < -0.4 is 10.6 Å². The summed E-state index contributed by atoms with van der Waals surface area (Å²) in [5.41, 5.74) is 2.47. The van der Waals surface area contributed by atoms with Gasteiger partial charge < -0.3 is 15.2 Å². The number of hydrogen-bond acceptors (Lipinski definition) is 5. The van der Waals surface area contributed by atoms with E-state index >= 15 is 0 Å². The average Bonchev–Trinajstić information content (AvgIpc) is 2.86. The molecule has 2 N–H and O–H groups in total. The fourth-order valence-corrected chi connectivity index (χ4v) is 2.83. The number of amides is 1. The molecule has 0 saturated carbocycles. The van der Waals surface area contributed by atoms with E-state index in [1.54, 1.807) is 6.07 Å². The number of nitrogens with zero attached hydrogens (tertiary/aromatic N) is 2. The Morgan fingerprint density at radius 3 is 3.14 bits per heavy atom. The lowest BCUT2D eigenvalue weighted by molar-refractivity contribution is 0.0946. The van der Waals surface area contributed by atoms with Gasteiger partial charge in [-0.2, -0.15) is 0 Å². The summed E-state index contributed by atoms with van der Waals surface area (Å²) in [5.74, 6) is 0.423. The highest BCUT2D eigenvalue weighted by Gasteiger charge is 2.19. The van der Waals surface area contributed by atoms with Crippen LogP contribution >= 0.6 is 0 Å². The Hall–Kier alpha value is -1.95. The van der Waals surface area contributed by atoms with Crippen LogP contribution in [0.5, 0.6) is 0 Å². The Bertz CT molecular complexity index is 659. The second-order valence-electron chi connectivity index (χ2n) is 5.68. The van der Waals surface area contributed by atoms with Crippen molar-refractivity contribution in [1.82, 2.24) is 20.8 Å². The zero-order valence-electron chi connectivity index (χ0n) is 12.4. The second-order valence-corrected chi connectivity index (χ2v) is 5.68. The van der Waals surface area contributed by atoms with Crippen LogP contribution in [0.3, 0.4) is 0 Å². The van der Waals surface area contributed by atoms with E-state index in [9.17, 15) is 4.79 Å². The first-order valence-corrected chi connectivity index (χ1v) is 7.37. The third kappa shape index (κ3) is 2.90. The topological polar surface area (TPSA) is 80.0 Å². The average molecular weight is 288 g/mol. The predicted molar refractivity (Wildman–Crippen MR) is 79.2 cm³/mol. The molecule has 6 nitrogen and oxygen atoms in total. The van der Waals surface area contributed by atoms with Crippen molar-refractivity contribution in [2.75, 3.05) is 19.6 Å². The van der Waals surface area contributed by atoms with Gasteiger partial charge in [0.25, 0.3) is 11.6 Å². The number of aromatic nitrogens is 2. The minimum Gasteiger partial charge on any atom is -0.352 e. The Balaban J connectivity index is 1.79. The van der Waals surface area contributed by atoms with Crippen molar-refractivity contribution in [1.29, 1.82) is 0 Å². The molecule has 0 radical (unpaired) electrons. The van der Waals surface area contributed by atoms with Gasteiger partial charge in [-0.25, -0.2) is 4.98 Å². The van der Waals surface area contributed by atoms with Crippen molar-refractivity contribution >= 4 is 17.0 Å². The summed E-state index contributed by atoms with van der Waals surface area (Å²) in [4.78, 5) is 16.7. The van der Waals surface area contributed by atoms with E-state index in [4.69, 9.17) is 4.52 Å². The molecule has 112 valence electrons. The SMILES string of the molecule is Cc1cc(C(=O)NCC2CCCNC2)c2c(C)noc2n1. The van der Waals surface area contributed by atoms with Crippen molar-refractivity contribution in [2.45, 2.75) is 26.7 Å². The quantitative estimate of drug-likeness (QED) is 0.896. The van der Waals surface area contributed by atoms with Gasteiger partial charge in [0, 0.05) is 12.2 Å². The zero-order chi connectivity index (χ0) is 14.8. The molecular formula is C15H20N4O2. The smallest absolute Gasteiger partial charge is 0.258 e. The molecule has 6 heteroatoms. The van der Waals surface area contributed by atoms with Gasteiger partial charge in [-0.3, -0.25) is 4.79 Å². The van der Waals surface area contributed by atoms with Gasteiger partial charge in [0.2, 0.25) is 0 Å². The van der Waals surface area contributed by atoms with Crippen LogP contribution in [0.2, 0.25) is 0 Å². The molecule has 1 aliphatic rings. The summed E-state index contributed by atoms with van der Waals surface area (Å²) in [6, 6.07) is 1.79. The molecule has 1 aliphatic heterocycles. The number of pyridine rings is 1. The minimum atomic E-state index is -0.0811. The second kappa shape index (κ2) is 5.81. The highest BCUT2D eigenvalue weighted by Crippen LogP contribution is 2.21. The molecule has 1 fully saturated rings. The van der Waals surface area contributed by atoms with E-state index in [2.05, 4.69) is 20.8 Å². The monoisotopic (exact) mass is 288 g/mol. The molecule has 1 saturated heterocycles. The van der Waals surface area contributed by atoms with Gasteiger partial charge in [-0.1, -0.05) is 5.16 Å². The Kier molecular flexibility index (Phi) is 3.88. The molecule has 0 bridgehead atoms. The molecule has 0 aromatic carbocycles. The lowest BCUT2D eigenvalue weighted by atomic mass is 9.99. The molecule has 3 heterocycles. The molecular weight excluding hydrogens is 268 g/mol. The van der Waals surface area contributed by atoms with Crippen LogP contribution in [0.1, 0.15) is 34.6 Å². The molecule has 1 atom stereocenters. The largest absolute Gasteiger partial charge is 0.352 e. The van der Waals surface area contributed by atoms with Gasteiger partial charge >= 0.3 is 0 Å². The van der Waals surface area contributed by atoms with Gasteiger partial charge in [0.15, 0.2) is 0 Å². The first kappa shape index (κ1) is 14.0. The normalized spacial score (nSPS) is 18.9. The molecule has 2 aromatic heterocycles. The van der Waals surface area contributed by atoms with E-state index in [1.165, 1.54) is 6.42 Å². The van der Waals surface area contributed by atoms with Crippen molar-refractivity contribution in [3.8, 4) is 0 Å². The number of nitrogens with one attached hydrogen (secondary N) is 2. The summed E-state index contributed by atoms with van der Waals surface area (Å²) < 4.78 is 5.16. The van der Waals surface area contributed by atoms with Crippen LogP contribution in [0.25, 0.3) is 11.1 Å². The Morgan fingerprint density at radius 1 is 1.52 bits per heavy atom. The van der Waals surface area contributed by atoms with Gasteiger partial charge in [0.1, 0.15) is 0 Å². The summed E-state index contributed by atoms with van der Waals surface area (Å²) >= 11 is 0. The molecule has 2 aromatic rings. The van der Waals surface area contributed by atoms with Crippen molar-refractivity contribution < 1.29 is 9.32 Å². The van der Waals surface area contributed by atoms with E-state index in [0.29, 0.717) is 34.8 Å². The lowest BCUT2D eigenvalue weighted by Gasteiger charge is -2.22. The maximum absolute atomic E-state index is 12.5. The first-order valence-electron chi connectivity index (χ1n) is 7.37. The van der Waals surface area contributed by atoms with Crippen molar-refractivity contribution in [3.63, 3.8) is 0 Å². The number of rotatable bonds is 3. The molecule has 21 heavy (non-hydrogen) atoms. The maximum atomic E-state index is 12.5. The fourth-order valence-electron chi connectivity index (χ4n) is 2.83. The number of piperidine rings is 1. The lowest BCUT2D eigenvalue weighted by Crippen LogP contribution is -2.38. The first-order chi connectivity index (χ1) is 10.1. The number of carbonyl (C=O) groups excluding carboxylic acids is 1. The van der Waals surface area contributed by atoms with Crippen molar-refractivity contribution in [3.05, 3.63) is 23.0 Å². The Morgan fingerprint density at radius 2 is 2.38 bits per heavy atom. The number of fused-ring (bicyclic) bond motifs is 1. The number of hydrogen-bond donors (Lipinski definition) is 2. The van der Waals surface area contributed by atoms with E-state index in [0.717, 1.165) is 25.2 Å². The molecule has 3 rings (SSSR count). The third-order valence-corrected chi connectivity index (χ3v) is 3.94. The van der Waals surface area contributed by atoms with E-state index in [1.807, 2.05) is 13.8 Å². The predicted octanol–water partition coefficient (Wildman–Crippen LogP) is 1.57.